The third kappa shape index (κ3) is 5.22. The maximum atomic E-state index is 13.6. The topological polar surface area (TPSA) is 79.3 Å². The number of anilines is 1. The van der Waals surface area contributed by atoms with E-state index in [1.807, 2.05) is 42.2 Å². The van der Waals surface area contributed by atoms with Crippen molar-refractivity contribution in [3.05, 3.63) is 110 Å². The van der Waals surface area contributed by atoms with Crippen molar-refractivity contribution in [2.24, 2.45) is 5.73 Å². The monoisotopic (exact) mass is 589 g/mol. The van der Waals surface area contributed by atoms with E-state index in [9.17, 15) is 10.1 Å². The Kier molecular flexibility index (Phi) is 8.19. The van der Waals surface area contributed by atoms with Gasteiger partial charge in [0.25, 0.3) is 0 Å². The number of carbonyl (C=O) groups is 1. The molecule has 2 aliphatic rings. The minimum Gasteiger partial charge on any atom is -0.497 e. The number of thioether (sulfide) groups is 1. The van der Waals surface area contributed by atoms with Gasteiger partial charge in [0.1, 0.15) is 11.6 Å². The SMILES string of the molecule is COc1ccc(N2C(N)=C(C#N)C(c3cc(C)cc(CSc4cc(Cl)ccc4Cl)c3C)C3=C2CCCC3=O)cc1. The van der Waals surface area contributed by atoms with E-state index in [-0.39, 0.29) is 5.78 Å². The zero-order chi connectivity index (χ0) is 28.6. The van der Waals surface area contributed by atoms with E-state index in [2.05, 4.69) is 25.1 Å². The van der Waals surface area contributed by atoms with Crippen LogP contribution in [0, 0.1) is 25.2 Å². The molecule has 0 aromatic heterocycles. The van der Waals surface area contributed by atoms with Crippen molar-refractivity contribution in [3.63, 3.8) is 0 Å². The summed E-state index contributed by atoms with van der Waals surface area (Å²) in [5.41, 5.74) is 13.6. The Balaban J connectivity index is 1.62. The van der Waals surface area contributed by atoms with Gasteiger partial charge in [-0.25, -0.2) is 0 Å². The Morgan fingerprint density at radius 2 is 1.85 bits per heavy atom. The van der Waals surface area contributed by atoms with Gasteiger partial charge in [-0.2, -0.15) is 5.26 Å². The first-order valence-electron chi connectivity index (χ1n) is 13.0. The molecule has 1 unspecified atom stereocenters. The van der Waals surface area contributed by atoms with Crippen LogP contribution in [-0.4, -0.2) is 12.9 Å². The van der Waals surface area contributed by atoms with E-state index in [0.717, 1.165) is 50.7 Å². The molecule has 5 rings (SSSR count). The Morgan fingerprint density at radius 1 is 1.10 bits per heavy atom. The van der Waals surface area contributed by atoms with Gasteiger partial charge in [0.05, 0.1) is 29.7 Å². The Morgan fingerprint density at radius 3 is 2.55 bits per heavy atom. The van der Waals surface area contributed by atoms with Gasteiger partial charge in [0.15, 0.2) is 5.78 Å². The molecule has 0 amide bonds. The third-order valence-electron chi connectivity index (χ3n) is 7.53. The molecule has 1 aliphatic heterocycles. The molecule has 3 aromatic rings. The summed E-state index contributed by atoms with van der Waals surface area (Å²) < 4.78 is 5.32. The number of hydrogen-bond acceptors (Lipinski definition) is 6. The predicted molar refractivity (Wildman–Crippen MR) is 163 cm³/mol. The zero-order valence-electron chi connectivity index (χ0n) is 22.6. The highest BCUT2D eigenvalue weighted by atomic mass is 35.5. The number of nitrogens with zero attached hydrogens (tertiary/aromatic N) is 2. The van der Waals surface area contributed by atoms with Gasteiger partial charge in [-0.1, -0.05) is 40.9 Å². The van der Waals surface area contributed by atoms with Crippen molar-refractivity contribution >= 4 is 46.4 Å². The van der Waals surface area contributed by atoms with Crippen LogP contribution in [0.2, 0.25) is 10.0 Å². The quantitative estimate of drug-likeness (QED) is 0.292. The number of carbonyl (C=O) groups excluding carboxylic acids is 1. The number of nitrogens with two attached hydrogens (primary N) is 1. The van der Waals surface area contributed by atoms with Crippen LogP contribution < -0.4 is 15.4 Å². The summed E-state index contributed by atoms with van der Waals surface area (Å²) in [5.74, 6) is 1.27. The standard InChI is InChI=1S/C32H29Cl2N3O2S/c1-18-13-20(17-40-29-15-21(33)7-12-26(29)34)19(2)24(14-18)30-25(16-35)32(36)37(22-8-10-23(39-3)11-9-22)27-5-4-6-28(38)31(27)30/h7-15,30H,4-6,17,36H2,1-3H3. The molecule has 2 N–H and O–H groups in total. The van der Waals surface area contributed by atoms with Gasteiger partial charge in [-0.3, -0.25) is 9.69 Å². The summed E-state index contributed by atoms with van der Waals surface area (Å²) in [6.45, 7) is 4.09. The van der Waals surface area contributed by atoms with Gasteiger partial charge >= 0.3 is 0 Å². The second-order valence-electron chi connectivity index (χ2n) is 10.0. The van der Waals surface area contributed by atoms with Gasteiger partial charge < -0.3 is 10.5 Å². The summed E-state index contributed by atoms with van der Waals surface area (Å²) in [4.78, 5) is 16.4. The molecule has 204 valence electrons. The van der Waals surface area contributed by atoms with Crippen molar-refractivity contribution in [1.29, 1.82) is 5.26 Å². The minimum absolute atomic E-state index is 0.0625. The molecule has 0 radical (unpaired) electrons. The van der Waals surface area contributed by atoms with Crippen LogP contribution in [0.25, 0.3) is 0 Å². The maximum absolute atomic E-state index is 13.6. The third-order valence-corrected chi connectivity index (χ3v) is 9.31. The van der Waals surface area contributed by atoms with Crippen LogP contribution in [0.3, 0.4) is 0 Å². The number of benzene rings is 3. The van der Waals surface area contributed by atoms with E-state index < -0.39 is 5.92 Å². The number of Topliss-reactive ketones (excluding diaryl/α,β-unsaturated/α-hetero) is 1. The zero-order valence-corrected chi connectivity index (χ0v) is 24.9. The molecule has 8 heteroatoms. The van der Waals surface area contributed by atoms with Crippen LogP contribution in [-0.2, 0) is 10.5 Å². The maximum Gasteiger partial charge on any atom is 0.161 e. The van der Waals surface area contributed by atoms with E-state index in [1.165, 1.54) is 0 Å². The van der Waals surface area contributed by atoms with Crippen molar-refractivity contribution in [2.45, 2.75) is 49.7 Å². The van der Waals surface area contributed by atoms with Crippen LogP contribution in [0.1, 0.15) is 47.4 Å². The molecule has 3 aromatic carbocycles. The lowest BCUT2D eigenvalue weighted by molar-refractivity contribution is -0.116. The number of hydrogen-bond donors (Lipinski definition) is 1. The van der Waals surface area contributed by atoms with Gasteiger partial charge in [-0.05, 0) is 85.8 Å². The average Bonchev–Trinajstić information content (AvgIpc) is 2.94. The molecule has 1 aliphatic carbocycles. The summed E-state index contributed by atoms with van der Waals surface area (Å²) >= 11 is 14.2. The normalized spacial score (nSPS) is 17.1. The van der Waals surface area contributed by atoms with Gasteiger partial charge in [-0.15, -0.1) is 11.8 Å². The van der Waals surface area contributed by atoms with Crippen molar-refractivity contribution < 1.29 is 9.53 Å². The fraction of sp³-hybridized carbons (Fsp3) is 0.250. The molecular formula is C32H29Cl2N3O2S. The number of nitriles is 1. The number of aryl methyl sites for hydroxylation is 1. The average molecular weight is 591 g/mol. The second kappa shape index (κ2) is 11.6. The van der Waals surface area contributed by atoms with Crippen LogP contribution in [0.4, 0.5) is 5.69 Å². The number of halogens is 2. The van der Waals surface area contributed by atoms with Crippen LogP contribution in [0.5, 0.6) is 5.75 Å². The van der Waals surface area contributed by atoms with Crippen molar-refractivity contribution in [1.82, 2.24) is 0 Å². The number of allylic oxidation sites excluding steroid dienone is 3. The van der Waals surface area contributed by atoms with Gasteiger partial charge in [0.2, 0.25) is 0 Å². The number of ether oxygens (including phenoxy) is 1. The smallest absolute Gasteiger partial charge is 0.161 e. The summed E-state index contributed by atoms with van der Waals surface area (Å²) in [6, 6.07) is 19.6. The minimum atomic E-state index is -0.527. The number of ketones is 1. The molecule has 0 fully saturated rings. The van der Waals surface area contributed by atoms with E-state index in [4.69, 9.17) is 33.7 Å². The summed E-state index contributed by atoms with van der Waals surface area (Å²) in [7, 11) is 1.61. The number of rotatable bonds is 6. The molecule has 0 spiro atoms. The van der Waals surface area contributed by atoms with Crippen molar-refractivity contribution in [2.75, 3.05) is 12.0 Å². The number of methoxy groups -OCH3 is 1. The first-order valence-corrected chi connectivity index (χ1v) is 14.8. The fourth-order valence-corrected chi connectivity index (χ4v) is 7.13. The molecule has 0 bridgehead atoms. The summed E-state index contributed by atoms with van der Waals surface area (Å²) in [6.07, 6.45) is 1.89. The van der Waals surface area contributed by atoms with E-state index >= 15 is 0 Å². The summed E-state index contributed by atoms with van der Waals surface area (Å²) in [5, 5.41) is 11.7. The molecule has 0 saturated carbocycles. The molecule has 5 nitrogen and oxygen atoms in total. The predicted octanol–water partition coefficient (Wildman–Crippen LogP) is 8.22. The molecular weight excluding hydrogens is 561 g/mol. The lowest BCUT2D eigenvalue weighted by Gasteiger charge is -2.40. The second-order valence-corrected chi connectivity index (χ2v) is 11.9. The lowest BCUT2D eigenvalue weighted by Crippen LogP contribution is -2.39. The molecule has 1 heterocycles. The van der Waals surface area contributed by atoms with Gasteiger partial charge in [0, 0.05) is 39.0 Å². The van der Waals surface area contributed by atoms with E-state index in [1.54, 1.807) is 31.0 Å². The lowest BCUT2D eigenvalue weighted by atomic mass is 9.73. The van der Waals surface area contributed by atoms with Crippen molar-refractivity contribution in [3.8, 4) is 11.8 Å². The first-order chi connectivity index (χ1) is 19.2. The largest absolute Gasteiger partial charge is 0.497 e. The molecule has 1 atom stereocenters. The highest BCUT2D eigenvalue weighted by Gasteiger charge is 2.41. The van der Waals surface area contributed by atoms with Crippen LogP contribution >= 0.6 is 35.0 Å². The molecule has 0 saturated heterocycles. The Bertz CT molecular complexity index is 1610. The Hall–Kier alpha value is -3.37. The highest BCUT2D eigenvalue weighted by molar-refractivity contribution is 7.98. The fourth-order valence-electron chi connectivity index (χ4n) is 5.58. The van der Waals surface area contributed by atoms with E-state index in [0.29, 0.717) is 45.6 Å². The first kappa shape index (κ1) is 28.2. The highest BCUT2D eigenvalue weighted by Crippen LogP contribution is 2.48. The Labute approximate surface area is 249 Å². The van der Waals surface area contributed by atoms with Crippen LogP contribution in [0.15, 0.2) is 82.2 Å². The molecule has 40 heavy (non-hydrogen) atoms.